The zero-order valence-corrected chi connectivity index (χ0v) is 11.6. The molecule has 0 atom stereocenters. The molecule has 0 unspecified atom stereocenters. The molecule has 0 bridgehead atoms. The minimum Gasteiger partial charge on any atom is -0.480 e. The molecule has 0 aromatic rings. The van der Waals surface area contributed by atoms with Crippen molar-refractivity contribution in [2.24, 2.45) is 5.92 Å². The average molecular weight is 308 g/mol. The second-order valence-electron chi connectivity index (χ2n) is 5.83. The first-order valence-corrected chi connectivity index (χ1v) is 7.12. The van der Waals surface area contributed by atoms with Crippen LogP contribution in [0.15, 0.2) is 0 Å². The molecule has 1 saturated heterocycles. The number of halogens is 3. The van der Waals surface area contributed by atoms with Gasteiger partial charge in [-0.1, -0.05) is 12.8 Å². The maximum absolute atomic E-state index is 12.6. The van der Waals surface area contributed by atoms with Crippen LogP contribution in [-0.4, -0.2) is 46.8 Å². The van der Waals surface area contributed by atoms with Gasteiger partial charge in [0.05, 0.1) is 5.92 Å². The molecule has 2 N–H and O–H groups in total. The molecular formula is C13H19F3N2O3. The molecule has 1 heterocycles. The second kappa shape index (κ2) is 5.73. The van der Waals surface area contributed by atoms with E-state index in [1.54, 1.807) is 0 Å². The first-order chi connectivity index (χ1) is 9.74. The van der Waals surface area contributed by atoms with Crippen molar-refractivity contribution in [1.82, 2.24) is 10.2 Å². The third-order valence-corrected chi connectivity index (χ3v) is 4.46. The fraction of sp³-hybridized carbons (Fsp3) is 0.846. The maximum atomic E-state index is 12.6. The van der Waals surface area contributed by atoms with Gasteiger partial charge in [0.1, 0.15) is 5.54 Å². The number of carbonyl (C=O) groups excluding carboxylic acids is 1. The van der Waals surface area contributed by atoms with Crippen molar-refractivity contribution in [1.29, 1.82) is 0 Å². The predicted molar refractivity (Wildman–Crippen MR) is 67.7 cm³/mol. The van der Waals surface area contributed by atoms with Crippen molar-refractivity contribution in [3.8, 4) is 0 Å². The number of rotatable bonds is 2. The number of nitrogens with one attached hydrogen (secondary N) is 1. The summed E-state index contributed by atoms with van der Waals surface area (Å²) in [7, 11) is 0. The number of urea groups is 1. The summed E-state index contributed by atoms with van der Waals surface area (Å²) in [4.78, 5) is 24.7. The first kappa shape index (κ1) is 15.9. The highest BCUT2D eigenvalue weighted by Crippen LogP contribution is 2.34. The van der Waals surface area contributed by atoms with Gasteiger partial charge < -0.3 is 15.3 Å². The molecule has 2 fully saturated rings. The molecular weight excluding hydrogens is 289 g/mol. The Morgan fingerprint density at radius 3 is 2.10 bits per heavy atom. The van der Waals surface area contributed by atoms with Gasteiger partial charge >= 0.3 is 18.2 Å². The van der Waals surface area contributed by atoms with Gasteiger partial charge in [-0.15, -0.1) is 0 Å². The largest absolute Gasteiger partial charge is 0.480 e. The summed E-state index contributed by atoms with van der Waals surface area (Å²) in [6, 6.07) is -0.570. The Morgan fingerprint density at radius 1 is 1.14 bits per heavy atom. The number of alkyl halides is 3. The lowest BCUT2D eigenvalue weighted by Gasteiger charge is -2.35. The van der Waals surface area contributed by atoms with Crippen LogP contribution in [0.2, 0.25) is 0 Å². The van der Waals surface area contributed by atoms with E-state index in [9.17, 15) is 27.9 Å². The van der Waals surface area contributed by atoms with Crippen molar-refractivity contribution < 1.29 is 27.9 Å². The van der Waals surface area contributed by atoms with Crippen LogP contribution in [0.3, 0.4) is 0 Å². The molecule has 0 aromatic heterocycles. The van der Waals surface area contributed by atoms with Crippen LogP contribution in [0.4, 0.5) is 18.0 Å². The lowest BCUT2D eigenvalue weighted by atomic mass is 9.96. The van der Waals surface area contributed by atoms with Crippen LogP contribution in [0.1, 0.15) is 38.5 Å². The van der Waals surface area contributed by atoms with Crippen molar-refractivity contribution in [2.45, 2.75) is 50.2 Å². The molecule has 1 saturated carbocycles. The van der Waals surface area contributed by atoms with Crippen LogP contribution in [-0.2, 0) is 4.79 Å². The van der Waals surface area contributed by atoms with Crippen molar-refractivity contribution in [2.75, 3.05) is 13.1 Å². The molecule has 0 radical (unpaired) electrons. The van der Waals surface area contributed by atoms with E-state index in [1.165, 1.54) is 4.90 Å². The molecule has 2 rings (SSSR count). The summed E-state index contributed by atoms with van der Waals surface area (Å²) in [5.41, 5.74) is -1.25. The Labute approximate surface area is 120 Å². The van der Waals surface area contributed by atoms with Gasteiger partial charge in [-0.05, 0) is 25.7 Å². The number of amides is 2. The predicted octanol–water partition coefficient (Wildman–Crippen LogP) is 2.37. The van der Waals surface area contributed by atoms with Crippen molar-refractivity contribution >= 4 is 12.0 Å². The highest BCUT2D eigenvalue weighted by molar-refractivity contribution is 5.86. The van der Waals surface area contributed by atoms with Gasteiger partial charge in [0, 0.05) is 13.1 Å². The molecule has 2 amide bonds. The standard InChI is InChI=1S/C13H19F3N2O3/c14-13(15,16)9-3-7-18(8-4-9)11(21)17-12(10(19)20)5-1-2-6-12/h9H,1-8H2,(H,17,21)(H,19,20). The van der Waals surface area contributed by atoms with E-state index < -0.39 is 29.6 Å². The number of piperidine rings is 1. The quantitative estimate of drug-likeness (QED) is 0.823. The third kappa shape index (κ3) is 3.41. The van der Waals surface area contributed by atoms with Gasteiger partial charge in [0.2, 0.25) is 0 Å². The number of aliphatic carboxylic acids is 1. The monoisotopic (exact) mass is 308 g/mol. The van der Waals surface area contributed by atoms with E-state index in [4.69, 9.17) is 0 Å². The Kier molecular flexibility index (Phi) is 4.34. The molecule has 0 aromatic carbocycles. The summed E-state index contributed by atoms with van der Waals surface area (Å²) in [5, 5.41) is 11.8. The molecule has 5 nitrogen and oxygen atoms in total. The number of hydrogen-bond acceptors (Lipinski definition) is 2. The van der Waals surface area contributed by atoms with Crippen molar-refractivity contribution in [3.63, 3.8) is 0 Å². The number of carbonyl (C=O) groups is 2. The zero-order chi connectivity index (χ0) is 15.7. The fourth-order valence-corrected chi connectivity index (χ4v) is 3.06. The lowest BCUT2D eigenvalue weighted by Crippen LogP contribution is -2.57. The van der Waals surface area contributed by atoms with Gasteiger partial charge in [0.25, 0.3) is 0 Å². The highest BCUT2D eigenvalue weighted by atomic mass is 19.4. The summed E-state index contributed by atoms with van der Waals surface area (Å²) < 4.78 is 37.7. The summed E-state index contributed by atoms with van der Waals surface area (Å²) >= 11 is 0. The van der Waals surface area contributed by atoms with Crippen molar-refractivity contribution in [3.05, 3.63) is 0 Å². The molecule has 8 heteroatoms. The number of hydrogen-bond donors (Lipinski definition) is 2. The molecule has 21 heavy (non-hydrogen) atoms. The van der Waals surface area contributed by atoms with Crippen LogP contribution in [0.25, 0.3) is 0 Å². The van der Waals surface area contributed by atoms with E-state index in [-0.39, 0.29) is 25.9 Å². The Bertz CT molecular complexity index is 411. The topological polar surface area (TPSA) is 69.6 Å². The van der Waals surface area contributed by atoms with Gasteiger partial charge in [0.15, 0.2) is 0 Å². The van der Waals surface area contributed by atoms with E-state index in [0.717, 1.165) is 12.8 Å². The Balaban J connectivity index is 1.92. The number of nitrogens with zero attached hydrogens (tertiary/aromatic N) is 1. The average Bonchev–Trinajstić information content (AvgIpc) is 2.88. The fourth-order valence-electron chi connectivity index (χ4n) is 3.06. The second-order valence-corrected chi connectivity index (χ2v) is 5.83. The Hall–Kier alpha value is -1.47. The first-order valence-electron chi connectivity index (χ1n) is 7.12. The smallest absolute Gasteiger partial charge is 0.391 e. The van der Waals surface area contributed by atoms with E-state index in [1.807, 2.05) is 0 Å². The van der Waals surface area contributed by atoms with Crippen LogP contribution < -0.4 is 5.32 Å². The van der Waals surface area contributed by atoms with Crippen LogP contribution in [0.5, 0.6) is 0 Å². The van der Waals surface area contributed by atoms with Gasteiger partial charge in [-0.2, -0.15) is 13.2 Å². The third-order valence-electron chi connectivity index (χ3n) is 4.46. The number of carboxylic acid groups (broad SMARTS) is 1. The van der Waals surface area contributed by atoms with Gasteiger partial charge in [-0.3, -0.25) is 0 Å². The molecule has 2 aliphatic rings. The van der Waals surface area contributed by atoms with E-state index >= 15 is 0 Å². The molecule has 120 valence electrons. The summed E-state index contributed by atoms with van der Waals surface area (Å²) in [6.45, 7) is 0.0113. The molecule has 0 spiro atoms. The minimum absolute atomic E-state index is 0.00566. The zero-order valence-electron chi connectivity index (χ0n) is 11.6. The SMILES string of the molecule is O=C(NC1(C(=O)O)CCCC1)N1CCC(C(F)(F)F)CC1. The number of carboxylic acids is 1. The van der Waals surface area contributed by atoms with Gasteiger partial charge in [-0.25, -0.2) is 9.59 Å². The van der Waals surface area contributed by atoms with Crippen LogP contribution >= 0.6 is 0 Å². The minimum atomic E-state index is -4.23. The highest BCUT2D eigenvalue weighted by Gasteiger charge is 2.45. The lowest BCUT2D eigenvalue weighted by molar-refractivity contribution is -0.183. The maximum Gasteiger partial charge on any atom is 0.391 e. The van der Waals surface area contributed by atoms with E-state index in [2.05, 4.69) is 5.32 Å². The molecule has 1 aliphatic heterocycles. The van der Waals surface area contributed by atoms with E-state index in [0.29, 0.717) is 12.8 Å². The summed E-state index contributed by atoms with van der Waals surface area (Å²) in [6.07, 6.45) is -2.30. The molecule has 1 aliphatic carbocycles. The number of likely N-dealkylation sites (tertiary alicyclic amines) is 1. The van der Waals surface area contributed by atoms with Crippen LogP contribution in [0, 0.1) is 5.92 Å². The normalized spacial score (nSPS) is 23.1. The summed E-state index contributed by atoms with van der Waals surface area (Å²) in [5.74, 6) is -2.44. The Morgan fingerprint density at radius 2 is 1.67 bits per heavy atom.